The summed E-state index contributed by atoms with van der Waals surface area (Å²) in [6.07, 6.45) is 0. The van der Waals surface area contributed by atoms with Crippen LogP contribution in [0.15, 0.2) is 18.2 Å². The molecule has 0 radical (unpaired) electrons. The van der Waals surface area contributed by atoms with Crippen molar-refractivity contribution in [3.63, 3.8) is 0 Å². The maximum Gasteiger partial charge on any atom is 0.183 e. The van der Waals surface area contributed by atoms with E-state index < -0.39 is 7.56 Å². The maximum atomic E-state index is 5.84. The highest BCUT2D eigenvalue weighted by Gasteiger charge is 2.49. The monoisotopic (exact) mass is 480 g/mol. The molecule has 0 amide bonds. The molecule has 4 rings (SSSR count). The molecule has 0 atom stereocenters. The number of nitrogens with zero attached hydrogens (tertiary/aromatic N) is 2. The first-order chi connectivity index (χ1) is 11.8. The van der Waals surface area contributed by atoms with Gasteiger partial charge in [-0.1, -0.05) is 0 Å². The molecule has 0 N–H and O–H groups in total. The molecule has 1 aromatic carbocycles. The van der Waals surface area contributed by atoms with Crippen LogP contribution in [0.4, 0.5) is 0 Å². The van der Waals surface area contributed by atoms with E-state index in [2.05, 4.69) is 34.2 Å². The van der Waals surface area contributed by atoms with E-state index in [0.29, 0.717) is 13.2 Å². The van der Waals surface area contributed by atoms with E-state index in [0.717, 1.165) is 64.1 Å². The summed E-state index contributed by atoms with van der Waals surface area (Å²) in [6, 6.07) is 6.50. The van der Waals surface area contributed by atoms with Crippen molar-refractivity contribution in [1.29, 1.82) is 0 Å². The average molecular weight is 480 g/mol. The van der Waals surface area contributed by atoms with Gasteiger partial charge >= 0.3 is 0 Å². The summed E-state index contributed by atoms with van der Waals surface area (Å²) in [5.41, 5.74) is 0. The van der Waals surface area contributed by atoms with Gasteiger partial charge in [0.2, 0.25) is 0 Å². The summed E-state index contributed by atoms with van der Waals surface area (Å²) >= 11 is 0. The van der Waals surface area contributed by atoms with Gasteiger partial charge < -0.3 is 42.9 Å². The van der Waals surface area contributed by atoms with Crippen LogP contribution >= 0.6 is 7.56 Å². The summed E-state index contributed by atoms with van der Waals surface area (Å²) in [4.78, 5) is 0. The van der Waals surface area contributed by atoms with Gasteiger partial charge in [-0.15, -0.1) is 0 Å². The lowest BCUT2D eigenvalue weighted by Crippen LogP contribution is -3.00. The van der Waals surface area contributed by atoms with E-state index in [-0.39, 0.29) is 24.0 Å². The lowest BCUT2D eigenvalue weighted by atomic mass is 10.3. The van der Waals surface area contributed by atoms with Gasteiger partial charge in [-0.05, 0) is 12.1 Å². The van der Waals surface area contributed by atoms with E-state index in [9.17, 15) is 0 Å². The number of rotatable bonds is 3. The second-order valence-corrected chi connectivity index (χ2v) is 9.85. The third kappa shape index (κ3) is 3.92. The molecule has 3 aliphatic rings. The van der Waals surface area contributed by atoms with Crippen molar-refractivity contribution in [3.8, 4) is 11.5 Å². The molecular formula is C17H26IN2O4P. The summed E-state index contributed by atoms with van der Waals surface area (Å²) in [7, 11) is -1.65. The quantitative estimate of drug-likeness (QED) is 0.377. The van der Waals surface area contributed by atoms with Crippen molar-refractivity contribution in [2.24, 2.45) is 0 Å². The van der Waals surface area contributed by atoms with Crippen LogP contribution in [0.1, 0.15) is 0 Å². The maximum absolute atomic E-state index is 5.84. The molecule has 2 saturated heterocycles. The fourth-order valence-corrected chi connectivity index (χ4v) is 7.30. The van der Waals surface area contributed by atoms with Crippen LogP contribution in [-0.2, 0) is 9.47 Å². The Bertz CT molecular complexity index is 562. The minimum Gasteiger partial charge on any atom is -1.00 e. The van der Waals surface area contributed by atoms with Crippen molar-refractivity contribution in [3.05, 3.63) is 18.2 Å². The predicted molar refractivity (Wildman–Crippen MR) is 94.7 cm³/mol. The Morgan fingerprint density at radius 2 is 1.28 bits per heavy atom. The van der Waals surface area contributed by atoms with Crippen molar-refractivity contribution in [2.45, 2.75) is 0 Å². The first-order valence-corrected chi connectivity index (χ1v) is 10.9. The van der Waals surface area contributed by atoms with E-state index in [1.54, 1.807) is 0 Å². The van der Waals surface area contributed by atoms with E-state index in [1.165, 1.54) is 5.30 Å². The van der Waals surface area contributed by atoms with Gasteiger partial charge in [0, 0.05) is 6.07 Å². The largest absolute Gasteiger partial charge is 1.00 e. The molecule has 0 spiro atoms. The highest BCUT2D eigenvalue weighted by Crippen LogP contribution is 2.61. The third-order valence-electron chi connectivity index (χ3n) is 5.09. The van der Waals surface area contributed by atoms with Gasteiger partial charge in [-0.25, -0.2) is 0 Å². The topological polar surface area (TPSA) is 43.4 Å². The Balaban J connectivity index is 0.00000182. The first kappa shape index (κ1) is 19.6. The molecule has 8 heteroatoms. The van der Waals surface area contributed by atoms with Gasteiger partial charge in [-0.3, -0.25) is 0 Å². The van der Waals surface area contributed by atoms with Gasteiger partial charge in [0.25, 0.3) is 0 Å². The SMILES string of the molecule is C[P+](c1ccc2c(c1)OCCO2)(N1CCOCC1)N1CCOCC1.[I-]. The molecule has 1 aromatic rings. The van der Waals surface area contributed by atoms with Crippen molar-refractivity contribution in [1.82, 2.24) is 9.34 Å². The summed E-state index contributed by atoms with van der Waals surface area (Å²) in [5.74, 6) is 1.74. The molecule has 0 unspecified atom stereocenters. The number of hydrogen-bond acceptors (Lipinski definition) is 6. The van der Waals surface area contributed by atoms with Crippen molar-refractivity contribution in [2.75, 3.05) is 72.5 Å². The molecule has 3 heterocycles. The zero-order valence-corrected chi connectivity index (χ0v) is 17.7. The molecule has 140 valence electrons. The average Bonchev–Trinajstić information content (AvgIpc) is 2.68. The molecule has 2 fully saturated rings. The van der Waals surface area contributed by atoms with Crippen LogP contribution < -0.4 is 38.8 Å². The molecular weight excluding hydrogens is 454 g/mol. The Labute approximate surface area is 167 Å². The van der Waals surface area contributed by atoms with Crippen LogP contribution in [0.25, 0.3) is 0 Å². The number of benzene rings is 1. The number of hydrogen-bond donors (Lipinski definition) is 0. The van der Waals surface area contributed by atoms with E-state index in [4.69, 9.17) is 18.9 Å². The molecule has 0 bridgehead atoms. The van der Waals surface area contributed by atoms with Gasteiger partial charge in [0.05, 0.1) is 59.3 Å². The van der Waals surface area contributed by atoms with Crippen LogP contribution in [0.5, 0.6) is 11.5 Å². The van der Waals surface area contributed by atoms with Crippen molar-refractivity contribution < 1.29 is 42.9 Å². The second-order valence-electron chi connectivity index (χ2n) is 6.37. The zero-order valence-electron chi connectivity index (χ0n) is 14.7. The molecule has 0 aliphatic carbocycles. The summed E-state index contributed by atoms with van der Waals surface area (Å²) < 4.78 is 28.0. The third-order valence-corrected chi connectivity index (χ3v) is 9.35. The Morgan fingerprint density at radius 1 is 0.760 bits per heavy atom. The molecule has 6 nitrogen and oxygen atoms in total. The van der Waals surface area contributed by atoms with Gasteiger partial charge in [0.1, 0.15) is 18.5 Å². The Morgan fingerprint density at radius 3 is 1.84 bits per heavy atom. The van der Waals surface area contributed by atoms with Crippen LogP contribution in [0.3, 0.4) is 0 Å². The van der Waals surface area contributed by atoms with Crippen LogP contribution in [0, 0.1) is 0 Å². The number of halogens is 1. The zero-order chi connectivity index (χ0) is 16.4. The lowest BCUT2D eigenvalue weighted by molar-refractivity contribution is -0.00000702. The molecule has 0 saturated carbocycles. The Hall–Kier alpha value is -0.180. The van der Waals surface area contributed by atoms with Crippen LogP contribution in [-0.4, -0.2) is 81.8 Å². The highest BCUT2D eigenvalue weighted by atomic mass is 127. The van der Waals surface area contributed by atoms with E-state index >= 15 is 0 Å². The first-order valence-electron chi connectivity index (χ1n) is 8.71. The minimum atomic E-state index is -1.65. The number of ether oxygens (including phenoxy) is 4. The molecule has 3 aliphatic heterocycles. The van der Waals surface area contributed by atoms with E-state index in [1.807, 2.05) is 0 Å². The highest BCUT2D eigenvalue weighted by molar-refractivity contribution is 7.78. The lowest BCUT2D eigenvalue weighted by Gasteiger charge is -2.43. The summed E-state index contributed by atoms with van der Waals surface area (Å²) in [5, 5.41) is 1.36. The predicted octanol–water partition coefficient (Wildman–Crippen LogP) is -1.77. The standard InChI is InChI=1S/C17H26N2O4P.HI/c1-24(18-4-8-20-9-5-18,19-6-10-21-11-7-19)15-2-3-16-17(14-15)23-13-12-22-16;/h2-3,14H,4-13H2,1H3;1H/q+1;/p-1. The smallest absolute Gasteiger partial charge is 0.183 e. The number of morpholine rings is 2. The summed E-state index contributed by atoms with van der Waals surface area (Å²) in [6.45, 7) is 10.9. The normalized spacial score (nSPS) is 22.3. The second kappa shape index (κ2) is 8.67. The van der Waals surface area contributed by atoms with Crippen LogP contribution in [0.2, 0.25) is 0 Å². The fourth-order valence-electron chi connectivity index (χ4n) is 3.69. The number of fused-ring (bicyclic) bond motifs is 1. The Kier molecular flexibility index (Phi) is 6.79. The van der Waals surface area contributed by atoms with Gasteiger partial charge in [0.15, 0.2) is 19.1 Å². The van der Waals surface area contributed by atoms with Gasteiger partial charge in [-0.2, -0.15) is 9.34 Å². The molecule has 25 heavy (non-hydrogen) atoms. The minimum absolute atomic E-state index is 0. The fraction of sp³-hybridized carbons (Fsp3) is 0.647. The van der Waals surface area contributed by atoms with Crippen molar-refractivity contribution >= 4 is 12.9 Å². The molecule has 0 aromatic heterocycles.